The van der Waals surface area contributed by atoms with E-state index in [1.807, 2.05) is 22.7 Å². The maximum atomic E-state index is 5.90. The summed E-state index contributed by atoms with van der Waals surface area (Å²) >= 11 is 4.28. The van der Waals surface area contributed by atoms with E-state index in [0.29, 0.717) is 29.9 Å². The summed E-state index contributed by atoms with van der Waals surface area (Å²) in [5.41, 5.74) is 0. The molecule has 0 aromatic carbocycles. The SMILES string of the molecule is c1csc([Se]c2ccc([Se]c3cccs3)o2)c1. The first kappa shape index (κ1) is 11.8. The van der Waals surface area contributed by atoms with Crippen LogP contribution in [0.2, 0.25) is 0 Å². The van der Waals surface area contributed by atoms with Crippen LogP contribution >= 0.6 is 22.7 Å². The number of hydrogen-bond donors (Lipinski definition) is 0. The van der Waals surface area contributed by atoms with E-state index in [-0.39, 0.29) is 0 Å². The van der Waals surface area contributed by atoms with Gasteiger partial charge in [-0.2, -0.15) is 0 Å². The van der Waals surface area contributed by atoms with Crippen molar-refractivity contribution in [3.63, 3.8) is 0 Å². The van der Waals surface area contributed by atoms with E-state index in [1.54, 1.807) is 0 Å². The second-order valence-electron chi connectivity index (χ2n) is 3.14. The molecule has 0 aliphatic rings. The molecule has 1 nitrogen and oxygen atoms in total. The Labute approximate surface area is 120 Å². The Morgan fingerprint density at radius 3 is 1.71 bits per heavy atom. The summed E-state index contributed by atoms with van der Waals surface area (Å²) in [6, 6.07) is 12.8. The molecule has 3 rings (SSSR count). The Balaban J connectivity index is 1.70. The molecule has 5 heteroatoms. The first-order chi connectivity index (χ1) is 8.40. The first-order valence-electron chi connectivity index (χ1n) is 4.93. The Bertz CT molecular complexity index is 519. The zero-order valence-electron chi connectivity index (χ0n) is 8.66. The third kappa shape index (κ3) is 3.14. The molecule has 0 saturated carbocycles. The van der Waals surface area contributed by atoms with Crippen LogP contribution in [-0.2, 0) is 0 Å². The van der Waals surface area contributed by atoms with Gasteiger partial charge in [-0.3, -0.25) is 0 Å². The molecule has 0 unspecified atom stereocenters. The van der Waals surface area contributed by atoms with Crippen LogP contribution < -0.4 is 16.9 Å². The summed E-state index contributed by atoms with van der Waals surface area (Å²) in [5, 5.41) is 4.24. The molecule has 0 aliphatic carbocycles. The third-order valence-electron chi connectivity index (χ3n) is 1.95. The summed E-state index contributed by atoms with van der Waals surface area (Å²) in [4.78, 5) is 0. The summed E-state index contributed by atoms with van der Waals surface area (Å²) in [7, 11) is 0. The monoisotopic (exact) mass is 392 g/mol. The van der Waals surface area contributed by atoms with Crippen LogP contribution in [0.25, 0.3) is 0 Å². The van der Waals surface area contributed by atoms with Crippen molar-refractivity contribution < 1.29 is 4.42 Å². The zero-order valence-corrected chi connectivity index (χ0v) is 13.7. The predicted octanol–water partition coefficient (Wildman–Crippen LogP) is 0.713. The van der Waals surface area contributed by atoms with E-state index in [4.69, 9.17) is 4.42 Å². The first-order valence-corrected chi connectivity index (χ1v) is 10.1. The molecule has 3 aromatic heterocycles. The van der Waals surface area contributed by atoms with Gasteiger partial charge in [-0.15, -0.1) is 0 Å². The van der Waals surface area contributed by atoms with Gasteiger partial charge in [0.2, 0.25) is 0 Å². The Morgan fingerprint density at radius 1 is 0.765 bits per heavy atom. The van der Waals surface area contributed by atoms with E-state index >= 15 is 0 Å². The van der Waals surface area contributed by atoms with E-state index < -0.39 is 0 Å². The van der Waals surface area contributed by atoms with Crippen molar-refractivity contribution in [2.75, 3.05) is 0 Å². The van der Waals surface area contributed by atoms with Crippen LogP contribution in [0.1, 0.15) is 0 Å². The molecule has 0 spiro atoms. The summed E-state index contributed by atoms with van der Waals surface area (Å²) in [5.74, 6) is 0. The fraction of sp³-hybridized carbons (Fsp3) is 0. The second-order valence-corrected chi connectivity index (χ2v) is 10.6. The molecule has 0 N–H and O–H groups in total. The second kappa shape index (κ2) is 5.57. The van der Waals surface area contributed by atoms with E-state index in [9.17, 15) is 0 Å². The molecule has 0 fully saturated rings. The van der Waals surface area contributed by atoms with Crippen LogP contribution in [-0.4, -0.2) is 29.9 Å². The standard InChI is InChI=1S/C12H8OS2Se2/c1-3-11(14-7-1)16-9-5-6-10(13-9)17-12-4-2-8-15-12/h1-8H. The number of thiophene rings is 2. The van der Waals surface area contributed by atoms with E-state index in [1.165, 1.54) is 7.55 Å². The van der Waals surface area contributed by atoms with Crippen molar-refractivity contribution in [2.45, 2.75) is 0 Å². The summed E-state index contributed by atoms with van der Waals surface area (Å²) in [6.45, 7) is 0. The van der Waals surface area contributed by atoms with Gasteiger partial charge in [-0.25, -0.2) is 0 Å². The summed E-state index contributed by atoms with van der Waals surface area (Å²) < 4.78 is 11.0. The van der Waals surface area contributed by atoms with Crippen LogP contribution in [0.4, 0.5) is 0 Å². The quantitative estimate of drug-likeness (QED) is 0.599. The zero-order chi connectivity index (χ0) is 11.5. The Morgan fingerprint density at radius 2 is 1.29 bits per heavy atom. The number of rotatable bonds is 4. The summed E-state index contributed by atoms with van der Waals surface area (Å²) in [6.07, 6.45) is 0. The molecule has 0 saturated heterocycles. The Hall–Kier alpha value is -0.281. The molecule has 3 aromatic rings. The average molecular weight is 390 g/mol. The fourth-order valence-electron chi connectivity index (χ4n) is 1.25. The van der Waals surface area contributed by atoms with Crippen molar-refractivity contribution in [2.24, 2.45) is 0 Å². The van der Waals surface area contributed by atoms with Gasteiger partial charge in [0.15, 0.2) is 0 Å². The van der Waals surface area contributed by atoms with Gasteiger partial charge < -0.3 is 0 Å². The fourth-order valence-corrected chi connectivity index (χ4v) is 7.24. The van der Waals surface area contributed by atoms with Crippen molar-refractivity contribution in [3.8, 4) is 0 Å². The minimum absolute atomic E-state index is 0.331. The van der Waals surface area contributed by atoms with Gasteiger partial charge in [-0.1, -0.05) is 0 Å². The van der Waals surface area contributed by atoms with Crippen LogP contribution in [0.5, 0.6) is 0 Å². The van der Waals surface area contributed by atoms with Gasteiger partial charge in [0.25, 0.3) is 0 Å². The van der Waals surface area contributed by atoms with E-state index in [2.05, 4.69) is 47.2 Å². The van der Waals surface area contributed by atoms with Gasteiger partial charge in [-0.05, 0) is 0 Å². The van der Waals surface area contributed by atoms with Gasteiger partial charge >= 0.3 is 121 Å². The van der Waals surface area contributed by atoms with Gasteiger partial charge in [0.05, 0.1) is 0 Å². The van der Waals surface area contributed by atoms with Crippen LogP contribution in [0.3, 0.4) is 0 Å². The molecule has 0 amide bonds. The molecule has 0 aliphatic heterocycles. The van der Waals surface area contributed by atoms with Crippen LogP contribution in [0, 0.1) is 0 Å². The van der Waals surface area contributed by atoms with Crippen molar-refractivity contribution in [3.05, 3.63) is 47.2 Å². The van der Waals surface area contributed by atoms with Crippen molar-refractivity contribution in [1.82, 2.24) is 0 Å². The van der Waals surface area contributed by atoms with Gasteiger partial charge in [0, 0.05) is 0 Å². The third-order valence-corrected chi connectivity index (χ3v) is 8.53. The molecule has 0 bridgehead atoms. The number of furan rings is 1. The van der Waals surface area contributed by atoms with Crippen LogP contribution in [0.15, 0.2) is 51.6 Å². The van der Waals surface area contributed by atoms with E-state index in [0.717, 1.165) is 9.32 Å². The molecule has 0 radical (unpaired) electrons. The normalized spacial score (nSPS) is 10.8. The molecule has 3 heterocycles. The maximum absolute atomic E-state index is 5.90. The minimum atomic E-state index is 0.331. The predicted molar refractivity (Wildman–Crippen MR) is 77.4 cm³/mol. The Kier molecular flexibility index (Phi) is 3.87. The van der Waals surface area contributed by atoms with Gasteiger partial charge in [0.1, 0.15) is 0 Å². The molecule has 0 atom stereocenters. The molecule has 17 heavy (non-hydrogen) atoms. The molecular weight excluding hydrogens is 382 g/mol. The average Bonchev–Trinajstić information content (AvgIpc) is 3.02. The molecular formula is C12H8OS2Se2. The van der Waals surface area contributed by atoms with Crippen molar-refractivity contribution >= 4 is 69.5 Å². The van der Waals surface area contributed by atoms with Crippen molar-refractivity contribution in [1.29, 1.82) is 0 Å². The molecule has 86 valence electrons. The number of hydrogen-bond acceptors (Lipinski definition) is 3. The topological polar surface area (TPSA) is 13.1 Å².